The fraction of sp³-hybridized carbons (Fsp3) is 0.367. The highest BCUT2D eigenvalue weighted by Gasteiger charge is 2.22. The first-order valence-corrected chi connectivity index (χ1v) is 13.1. The maximum atomic E-state index is 13.2. The van der Waals surface area contributed by atoms with Gasteiger partial charge < -0.3 is 20.1 Å². The van der Waals surface area contributed by atoms with Gasteiger partial charge in [-0.15, -0.1) is 12.4 Å². The number of nitrogens with zero attached hydrogens (tertiary/aromatic N) is 2. The topological polar surface area (TPSA) is 91.8 Å². The van der Waals surface area contributed by atoms with E-state index in [1.54, 1.807) is 12.1 Å². The number of aliphatic carboxylic acids is 1. The Kier molecular flexibility index (Phi) is 12.2. The van der Waals surface area contributed by atoms with Crippen LogP contribution in [0.2, 0.25) is 5.02 Å². The molecule has 1 aromatic heterocycles. The molecule has 7 nitrogen and oxygen atoms in total. The molecule has 1 atom stereocenters. The average Bonchev–Trinajstić information content (AvgIpc) is 2.86. The molecule has 1 heterocycles. The lowest BCUT2D eigenvalue weighted by Gasteiger charge is -2.21. The molecule has 9 heteroatoms. The van der Waals surface area contributed by atoms with Crippen LogP contribution in [0.3, 0.4) is 0 Å². The van der Waals surface area contributed by atoms with Crippen LogP contribution >= 0.6 is 24.0 Å². The third-order valence-corrected chi connectivity index (χ3v) is 6.60. The zero-order chi connectivity index (χ0) is 27.8. The van der Waals surface area contributed by atoms with Gasteiger partial charge in [-0.2, -0.15) is 0 Å². The van der Waals surface area contributed by atoms with E-state index in [0.717, 1.165) is 35.2 Å². The van der Waals surface area contributed by atoms with Gasteiger partial charge in [0.15, 0.2) is 0 Å². The van der Waals surface area contributed by atoms with Gasteiger partial charge >= 0.3 is 5.97 Å². The smallest absolute Gasteiger partial charge is 0.305 e. The summed E-state index contributed by atoms with van der Waals surface area (Å²) in [6, 6.07) is 16.5. The Morgan fingerprint density at radius 2 is 1.79 bits per heavy atom. The number of carbonyl (C=O) groups excluding carboxylic acids is 1. The highest BCUT2D eigenvalue weighted by Crippen LogP contribution is 2.36. The fourth-order valence-electron chi connectivity index (χ4n) is 4.11. The molecule has 2 N–H and O–H groups in total. The second-order valence-corrected chi connectivity index (χ2v) is 10.4. The maximum Gasteiger partial charge on any atom is 0.305 e. The van der Waals surface area contributed by atoms with Crippen molar-refractivity contribution in [3.63, 3.8) is 0 Å². The van der Waals surface area contributed by atoms with E-state index in [4.69, 9.17) is 21.3 Å². The Labute approximate surface area is 242 Å². The summed E-state index contributed by atoms with van der Waals surface area (Å²) >= 11 is 6.45. The van der Waals surface area contributed by atoms with Crippen LogP contribution in [0.5, 0.6) is 5.75 Å². The summed E-state index contributed by atoms with van der Waals surface area (Å²) in [5.41, 5.74) is 4.51. The fourth-order valence-corrected chi connectivity index (χ4v) is 4.28. The number of hydrogen-bond donors (Lipinski definition) is 2. The van der Waals surface area contributed by atoms with E-state index < -0.39 is 17.9 Å². The maximum absolute atomic E-state index is 13.2. The molecule has 0 radical (unpaired) electrons. The van der Waals surface area contributed by atoms with Crippen LogP contribution < -0.4 is 10.1 Å². The summed E-state index contributed by atoms with van der Waals surface area (Å²) in [5, 5.41) is 12.6. The number of carboxylic acids is 1. The van der Waals surface area contributed by atoms with Gasteiger partial charge in [-0.05, 0) is 68.8 Å². The van der Waals surface area contributed by atoms with Crippen molar-refractivity contribution in [2.75, 3.05) is 27.2 Å². The van der Waals surface area contributed by atoms with E-state index in [1.165, 1.54) is 0 Å². The van der Waals surface area contributed by atoms with Crippen LogP contribution in [0.1, 0.15) is 42.7 Å². The van der Waals surface area contributed by atoms with E-state index in [-0.39, 0.29) is 30.4 Å². The molecule has 0 saturated heterocycles. The molecule has 1 amide bonds. The molecule has 0 spiro atoms. The number of amides is 1. The van der Waals surface area contributed by atoms with Crippen molar-refractivity contribution in [3.8, 4) is 28.1 Å². The summed E-state index contributed by atoms with van der Waals surface area (Å²) < 4.78 is 5.99. The first kappa shape index (κ1) is 32.1. The lowest BCUT2D eigenvalue weighted by molar-refractivity contribution is -0.137. The molecule has 3 aromatic rings. The van der Waals surface area contributed by atoms with Crippen molar-refractivity contribution >= 4 is 35.9 Å². The number of carboxylic acid groups (broad SMARTS) is 1. The Morgan fingerprint density at radius 3 is 2.44 bits per heavy atom. The zero-order valence-corrected chi connectivity index (χ0v) is 24.6. The van der Waals surface area contributed by atoms with Gasteiger partial charge in [-0.3, -0.25) is 9.59 Å². The van der Waals surface area contributed by atoms with Crippen molar-refractivity contribution in [1.82, 2.24) is 15.2 Å². The quantitative estimate of drug-likeness (QED) is 0.245. The van der Waals surface area contributed by atoms with Gasteiger partial charge in [0, 0.05) is 23.7 Å². The third kappa shape index (κ3) is 8.95. The number of benzene rings is 2. The molecule has 0 aliphatic heterocycles. The first-order valence-electron chi connectivity index (χ1n) is 12.7. The Bertz CT molecular complexity index is 1280. The van der Waals surface area contributed by atoms with Crippen LogP contribution in [0.25, 0.3) is 22.4 Å². The Morgan fingerprint density at radius 1 is 1.08 bits per heavy atom. The van der Waals surface area contributed by atoms with E-state index in [2.05, 4.69) is 10.2 Å². The van der Waals surface area contributed by atoms with Crippen LogP contribution in [-0.4, -0.2) is 60.2 Å². The van der Waals surface area contributed by atoms with Crippen LogP contribution in [0.4, 0.5) is 0 Å². The predicted octanol–water partition coefficient (Wildman–Crippen LogP) is 6.36. The standard InChI is InChI=1S/C30H36ClN3O4.ClH/c1-19(2)26(18-28(35)36)33-30(37)25-14-12-23(22-10-7-6-9-20(22)3)29(32-25)21-11-13-24(31)27(17-21)38-16-8-15-34(4)5;/h6-7,9-14,17,19,26H,8,15-16,18H2,1-5H3,(H,33,37)(H,35,36);1H/t26-;/m1./s1. The highest BCUT2D eigenvalue weighted by molar-refractivity contribution is 6.32. The number of pyridine rings is 1. The zero-order valence-electron chi connectivity index (χ0n) is 23.0. The van der Waals surface area contributed by atoms with Crippen molar-refractivity contribution in [1.29, 1.82) is 0 Å². The average molecular weight is 575 g/mol. The third-order valence-electron chi connectivity index (χ3n) is 6.29. The molecule has 0 unspecified atom stereocenters. The minimum atomic E-state index is -0.966. The lowest BCUT2D eigenvalue weighted by Crippen LogP contribution is -2.40. The number of aromatic nitrogens is 1. The van der Waals surface area contributed by atoms with Crippen LogP contribution in [0, 0.1) is 12.8 Å². The molecule has 39 heavy (non-hydrogen) atoms. The second-order valence-electron chi connectivity index (χ2n) is 9.98. The summed E-state index contributed by atoms with van der Waals surface area (Å²) in [5.74, 6) is -0.885. The number of carbonyl (C=O) groups is 2. The van der Waals surface area contributed by atoms with Crippen molar-refractivity contribution in [3.05, 3.63) is 70.9 Å². The minimum absolute atomic E-state index is 0. The normalized spacial score (nSPS) is 11.7. The summed E-state index contributed by atoms with van der Waals surface area (Å²) in [6.07, 6.45) is 0.687. The van der Waals surface area contributed by atoms with Crippen LogP contribution in [0.15, 0.2) is 54.6 Å². The number of rotatable bonds is 12. The molecule has 0 aliphatic carbocycles. The van der Waals surface area contributed by atoms with E-state index >= 15 is 0 Å². The van der Waals surface area contributed by atoms with E-state index in [9.17, 15) is 14.7 Å². The monoisotopic (exact) mass is 573 g/mol. The molecule has 0 aliphatic rings. The van der Waals surface area contributed by atoms with Crippen molar-refractivity contribution < 1.29 is 19.4 Å². The number of halogens is 2. The molecule has 0 saturated carbocycles. The van der Waals surface area contributed by atoms with Crippen molar-refractivity contribution in [2.45, 2.75) is 39.7 Å². The van der Waals surface area contributed by atoms with Gasteiger partial charge in [0.05, 0.1) is 23.7 Å². The summed E-state index contributed by atoms with van der Waals surface area (Å²) in [7, 11) is 4.03. The number of aryl methyl sites for hydroxylation is 1. The predicted molar refractivity (Wildman–Crippen MR) is 159 cm³/mol. The molecule has 3 rings (SSSR count). The summed E-state index contributed by atoms with van der Waals surface area (Å²) in [6.45, 7) is 7.19. The van der Waals surface area contributed by atoms with Crippen LogP contribution in [-0.2, 0) is 4.79 Å². The molecule has 0 bridgehead atoms. The van der Waals surface area contributed by atoms with Gasteiger partial charge in [-0.25, -0.2) is 4.98 Å². The molecule has 2 aromatic carbocycles. The SMILES string of the molecule is Cc1ccccc1-c1ccc(C(=O)N[C@H](CC(=O)O)C(C)C)nc1-c1ccc(Cl)c(OCCCN(C)C)c1.Cl. The van der Waals surface area contributed by atoms with Gasteiger partial charge in [-0.1, -0.05) is 55.8 Å². The second kappa shape index (κ2) is 14.9. The van der Waals surface area contributed by atoms with E-state index in [1.807, 2.05) is 77.3 Å². The van der Waals surface area contributed by atoms with Gasteiger partial charge in [0.25, 0.3) is 5.91 Å². The van der Waals surface area contributed by atoms with Gasteiger partial charge in [0.1, 0.15) is 11.4 Å². The molecule has 210 valence electrons. The minimum Gasteiger partial charge on any atom is -0.492 e. The number of ether oxygens (including phenoxy) is 1. The molecular formula is C30H37Cl2N3O4. The van der Waals surface area contributed by atoms with Gasteiger partial charge in [0.2, 0.25) is 0 Å². The largest absolute Gasteiger partial charge is 0.492 e. The number of hydrogen-bond acceptors (Lipinski definition) is 5. The number of nitrogens with one attached hydrogen (secondary N) is 1. The Hall–Kier alpha value is -3.13. The van der Waals surface area contributed by atoms with Crippen molar-refractivity contribution in [2.24, 2.45) is 5.92 Å². The highest BCUT2D eigenvalue weighted by atomic mass is 35.5. The lowest BCUT2D eigenvalue weighted by atomic mass is 9.95. The molecular weight excluding hydrogens is 537 g/mol. The first-order chi connectivity index (χ1) is 18.1. The van der Waals surface area contributed by atoms with E-state index in [0.29, 0.717) is 23.1 Å². The molecule has 0 fully saturated rings. The Balaban J connectivity index is 0.00000533. The summed E-state index contributed by atoms with van der Waals surface area (Å²) in [4.78, 5) is 31.3.